The molecule has 3 fully saturated rings. The van der Waals surface area contributed by atoms with E-state index in [1.165, 1.54) is 18.2 Å². The van der Waals surface area contributed by atoms with E-state index >= 15 is 0 Å². The van der Waals surface area contributed by atoms with Crippen molar-refractivity contribution in [3.63, 3.8) is 0 Å². The molecule has 0 aliphatic carbocycles. The Hall–Kier alpha value is -0.680. The summed E-state index contributed by atoms with van der Waals surface area (Å²) in [4.78, 5) is 15.7. The highest BCUT2D eigenvalue weighted by molar-refractivity contribution is 7.99. The summed E-state index contributed by atoms with van der Waals surface area (Å²) < 4.78 is 12.3. The number of carbonyl (C=O) groups is 1. The van der Waals surface area contributed by atoms with Crippen LogP contribution in [0.5, 0.6) is 0 Å². The van der Waals surface area contributed by atoms with Gasteiger partial charge in [-0.1, -0.05) is 26.0 Å². The number of thioether (sulfide) groups is 1. The highest BCUT2D eigenvalue weighted by Gasteiger charge is 2.50. The van der Waals surface area contributed by atoms with E-state index in [1.807, 2.05) is 13.1 Å². The van der Waals surface area contributed by atoms with Crippen molar-refractivity contribution in [1.29, 1.82) is 0 Å². The first-order chi connectivity index (χ1) is 16.3. The van der Waals surface area contributed by atoms with Crippen LogP contribution < -0.4 is 5.32 Å². The predicted octanol–water partition coefficient (Wildman–Crippen LogP) is 1.13. The third kappa shape index (κ3) is 5.82. The number of amides is 1. The van der Waals surface area contributed by atoms with E-state index in [9.17, 15) is 20.1 Å². The smallest absolute Gasteiger partial charge is 0.240 e. The number of fused-ring (bicyclic) bond motifs is 3. The van der Waals surface area contributed by atoms with Crippen molar-refractivity contribution in [1.82, 2.24) is 10.2 Å². The zero-order valence-corrected chi connectivity index (χ0v) is 21.4. The fourth-order valence-electron chi connectivity index (χ4n) is 6.18. The van der Waals surface area contributed by atoms with Gasteiger partial charge in [-0.25, -0.2) is 0 Å². The Labute approximate surface area is 207 Å². The summed E-state index contributed by atoms with van der Waals surface area (Å²) in [5, 5.41) is 34.7. The summed E-state index contributed by atoms with van der Waals surface area (Å²) in [6.45, 7) is 6.02. The lowest BCUT2D eigenvalue weighted by Gasteiger charge is -2.44. The standard InChI is InChI=1S/C25H42N2O6S/c1-14(2)11-15-8-9-32-22-16(12-15)13-27(3)18(22)24(31)26-17-7-5-4-6-10-34-25-21(30)19(28)20(29)23(17)33-25/h4-5,14-23,25,28-30H,6-13H2,1-3H3,(H,26,31)/b5-4-/t15-,16-,17+,18-,19?,20?,21?,22+,23?,25?/m0/s1. The van der Waals surface area contributed by atoms with E-state index in [0.717, 1.165) is 31.6 Å². The summed E-state index contributed by atoms with van der Waals surface area (Å²) >= 11 is 1.42. The van der Waals surface area contributed by atoms with Gasteiger partial charge in [0.15, 0.2) is 0 Å². The average molecular weight is 499 g/mol. The number of nitrogens with zero attached hydrogens (tertiary/aromatic N) is 1. The lowest BCUT2D eigenvalue weighted by molar-refractivity contribution is -0.205. The summed E-state index contributed by atoms with van der Waals surface area (Å²) in [5.74, 6) is 2.22. The van der Waals surface area contributed by atoms with E-state index in [0.29, 0.717) is 30.8 Å². The van der Waals surface area contributed by atoms with Crippen LogP contribution in [-0.2, 0) is 14.3 Å². The van der Waals surface area contributed by atoms with Crippen molar-refractivity contribution in [3.05, 3.63) is 12.2 Å². The zero-order chi connectivity index (χ0) is 24.4. The molecule has 10 atom stereocenters. The Balaban J connectivity index is 1.48. The molecule has 4 N–H and O–H groups in total. The number of rotatable bonds is 4. The minimum atomic E-state index is -1.32. The summed E-state index contributed by atoms with van der Waals surface area (Å²) in [6.07, 6.45) is 3.92. The Kier molecular flexibility index (Phi) is 8.99. The molecule has 0 aromatic rings. The maximum atomic E-state index is 13.6. The zero-order valence-electron chi connectivity index (χ0n) is 20.6. The lowest BCUT2D eigenvalue weighted by atomic mass is 9.85. The van der Waals surface area contributed by atoms with Gasteiger partial charge < -0.3 is 30.1 Å². The van der Waals surface area contributed by atoms with Crippen molar-refractivity contribution in [2.24, 2.45) is 17.8 Å². The van der Waals surface area contributed by atoms with Crippen LogP contribution in [0, 0.1) is 17.8 Å². The van der Waals surface area contributed by atoms with Crippen LogP contribution in [0.3, 0.4) is 0 Å². The molecule has 1 amide bonds. The van der Waals surface area contributed by atoms with Crippen LogP contribution in [0.25, 0.3) is 0 Å². The summed E-state index contributed by atoms with van der Waals surface area (Å²) in [5.41, 5.74) is -0.643. The van der Waals surface area contributed by atoms with Crippen LogP contribution in [0.15, 0.2) is 12.2 Å². The number of carbonyl (C=O) groups excluding carboxylic acids is 1. The average Bonchev–Trinajstić information content (AvgIpc) is 2.96. The van der Waals surface area contributed by atoms with Gasteiger partial charge >= 0.3 is 0 Å². The SMILES string of the molecule is CC(C)C[C@@H]1CCO[C@@H]2[C@@H](C1)CN(C)[C@@H]2C(=O)N[C@@H]1C/C=C\CCSC2OC1C(O)C(O)C2O. The maximum Gasteiger partial charge on any atom is 0.240 e. The van der Waals surface area contributed by atoms with Gasteiger partial charge in [-0.2, -0.15) is 0 Å². The molecular formula is C25H42N2O6S. The van der Waals surface area contributed by atoms with Gasteiger partial charge in [-0.3, -0.25) is 9.69 Å². The monoisotopic (exact) mass is 498 g/mol. The summed E-state index contributed by atoms with van der Waals surface area (Å²) in [6, 6.07) is -0.919. The molecule has 3 saturated heterocycles. The number of nitrogens with one attached hydrogen (secondary N) is 1. The van der Waals surface area contributed by atoms with E-state index in [-0.39, 0.29) is 12.0 Å². The first-order valence-electron chi connectivity index (χ1n) is 12.8. The van der Waals surface area contributed by atoms with Crippen LogP contribution >= 0.6 is 11.8 Å². The van der Waals surface area contributed by atoms with Gasteiger partial charge in [0.1, 0.15) is 35.9 Å². The van der Waals surface area contributed by atoms with Gasteiger partial charge in [0.2, 0.25) is 5.91 Å². The van der Waals surface area contributed by atoms with E-state index in [4.69, 9.17) is 9.47 Å². The molecule has 194 valence electrons. The third-order valence-electron chi connectivity index (χ3n) is 7.77. The number of ether oxygens (including phenoxy) is 2. The second-order valence-corrected chi connectivity index (χ2v) is 12.1. The number of allylic oxidation sites excluding steroid dienone is 1. The molecule has 4 aliphatic rings. The number of likely N-dealkylation sites (N-methyl/N-ethyl adjacent to an activating group) is 1. The minimum absolute atomic E-state index is 0.131. The topological polar surface area (TPSA) is 111 Å². The largest absolute Gasteiger partial charge is 0.388 e. The number of hydrogen-bond donors (Lipinski definition) is 4. The number of likely N-dealkylation sites (tertiary alicyclic amines) is 1. The molecule has 0 saturated carbocycles. The molecule has 4 heterocycles. The number of hydrogen-bond acceptors (Lipinski definition) is 8. The molecule has 5 unspecified atom stereocenters. The Bertz CT molecular complexity index is 724. The predicted molar refractivity (Wildman–Crippen MR) is 131 cm³/mol. The van der Waals surface area contributed by atoms with Crippen molar-refractivity contribution >= 4 is 17.7 Å². The fourth-order valence-corrected chi connectivity index (χ4v) is 7.25. The minimum Gasteiger partial charge on any atom is -0.388 e. The van der Waals surface area contributed by atoms with Crippen LogP contribution in [0.4, 0.5) is 0 Å². The van der Waals surface area contributed by atoms with E-state index in [1.54, 1.807) is 0 Å². The molecule has 34 heavy (non-hydrogen) atoms. The molecular weight excluding hydrogens is 456 g/mol. The first-order valence-corrected chi connectivity index (χ1v) is 13.9. The molecule has 8 nitrogen and oxygen atoms in total. The van der Waals surface area contributed by atoms with E-state index < -0.39 is 41.9 Å². The van der Waals surface area contributed by atoms with Crippen molar-refractivity contribution in [3.8, 4) is 0 Å². The Morgan fingerprint density at radius 1 is 1.18 bits per heavy atom. The fraction of sp³-hybridized carbons (Fsp3) is 0.880. The molecule has 4 aliphatic heterocycles. The van der Waals surface area contributed by atoms with Crippen molar-refractivity contribution in [2.75, 3.05) is 26.0 Å². The molecule has 9 heteroatoms. The first kappa shape index (κ1) is 26.4. The lowest BCUT2D eigenvalue weighted by Crippen LogP contribution is -2.63. The highest BCUT2D eigenvalue weighted by Crippen LogP contribution is 2.37. The second-order valence-electron chi connectivity index (χ2n) is 10.9. The molecule has 0 aromatic heterocycles. The molecule has 0 radical (unpaired) electrons. The van der Waals surface area contributed by atoms with Gasteiger partial charge in [0, 0.05) is 19.1 Å². The van der Waals surface area contributed by atoms with Gasteiger partial charge in [0.05, 0.1) is 12.1 Å². The maximum absolute atomic E-state index is 13.6. The molecule has 0 aromatic carbocycles. The summed E-state index contributed by atoms with van der Waals surface area (Å²) in [7, 11) is 1.98. The number of aliphatic hydroxyl groups is 3. The molecule has 0 spiro atoms. The van der Waals surface area contributed by atoms with Crippen LogP contribution in [0.1, 0.15) is 46.0 Å². The van der Waals surface area contributed by atoms with Crippen molar-refractivity contribution < 1.29 is 29.6 Å². The molecule has 4 rings (SSSR count). The molecule has 2 bridgehead atoms. The Morgan fingerprint density at radius 3 is 2.74 bits per heavy atom. The van der Waals surface area contributed by atoms with Gasteiger partial charge in [0.25, 0.3) is 0 Å². The number of aliphatic hydroxyl groups excluding tert-OH is 3. The third-order valence-corrected chi connectivity index (χ3v) is 8.96. The van der Waals surface area contributed by atoms with Crippen LogP contribution in [0.2, 0.25) is 0 Å². The Morgan fingerprint density at radius 2 is 1.97 bits per heavy atom. The highest BCUT2D eigenvalue weighted by atomic mass is 32.2. The normalized spacial score (nSPS) is 44.8. The van der Waals surface area contributed by atoms with Crippen LogP contribution in [-0.4, -0.2) is 100 Å². The van der Waals surface area contributed by atoms with Gasteiger partial charge in [-0.05, 0) is 56.7 Å². The van der Waals surface area contributed by atoms with Gasteiger partial charge in [-0.15, -0.1) is 11.8 Å². The second kappa shape index (κ2) is 11.6. The van der Waals surface area contributed by atoms with Crippen molar-refractivity contribution in [2.45, 2.75) is 94.0 Å². The van der Waals surface area contributed by atoms with E-state index in [2.05, 4.69) is 30.1 Å². The quantitative estimate of drug-likeness (QED) is 0.427.